The molecule has 0 bridgehead atoms. The summed E-state index contributed by atoms with van der Waals surface area (Å²) in [6.45, 7) is 0. The van der Waals surface area contributed by atoms with Crippen molar-refractivity contribution >= 4 is 17.5 Å². The van der Waals surface area contributed by atoms with Crippen molar-refractivity contribution in [3.63, 3.8) is 0 Å². The van der Waals surface area contributed by atoms with Gasteiger partial charge >= 0.3 is 0 Å². The molecule has 3 unspecified atom stereocenters. The Labute approximate surface area is 170 Å². The standard InChI is InChI=1S/C26H22N2O/c29-25(14-11-18-6-5-15-27-17-18)20-12-13-24-23(16-20)21-9-4-10-22(21)26(28-24)19-7-2-1-3-8-19/h1-9,11-17,21-22,26,28H,10H2/b14-11+. The predicted octanol–water partition coefficient (Wildman–Crippen LogP) is 5.80. The van der Waals surface area contributed by atoms with Crippen molar-refractivity contribution in [2.24, 2.45) is 5.92 Å². The van der Waals surface area contributed by atoms with E-state index in [4.69, 9.17) is 0 Å². The zero-order chi connectivity index (χ0) is 19.6. The number of benzene rings is 2. The Bertz CT molecular complexity index is 1090. The van der Waals surface area contributed by atoms with Gasteiger partial charge in [0.15, 0.2) is 5.78 Å². The maximum atomic E-state index is 12.7. The topological polar surface area (TPSA) is 42.0 Å². The van der Waals surface area contributed by atoms with Gasteiger partial charge in [0.05, 0.1) is 6.04 Å². The van der Waals surface area contributed by atoms with E-state index in [1.54, 1.807) is 18.5 Å². The molecule has 3 atom stereocenters. The minimum Gasteiger partial charge on any atom is -0.378 e. The second-order valence-electron chi connectivity index (χ2n) is 7.67. The molecule has 0 amide bonds. The van der Waals surface area contributed by atoms with E-state index in [-0.39, 0.29) is 11.8 Å². The summed E-state index contributed by atoms with van der Waals surface area (Å²) >= 11 is 0. The SMILES string of the molecule is O=C(/C=C/c1cccnc1)c1ccc2c(c1)C1C=CCC1C(c1ccccc1)N2. The molecule has 1 aromatic heterocycles. The molecule has 1 N–H and O–H groups in total. The van der Waals surface area contributed by atoms with Crippen LogP contribution in [0.25, 0.3) is 6.08 Å². The van der Waals surface area contributed by atoms with Crippen LogP contribution in [0.5, 0.6) is 0 Å². The fourth-order valence-corrected chi connectivity index (χ4v) is 4.48. The van der Waals surface area contributed by atoms with Gasteiger partial charge in [-0.15, -0.1) is 0 Å². The van der Waals surface area contributed by atoms with Crippen molar-refractivity contribution in [1.29, 1.82) is 0 Å². The lowest BCUT2D eigenvalue weighted by molar-refractivity contribution is 0.104. The van der Waals surface area contributed by atoms with Crippen LogP contribution in [0, 0.1) is 5.92 Å². The zero-order valence-corrected chi connectivity index (χ0v) is 16.0. The average molecular weight is 378 g/mol. The van der Waals surface area contributed by atoms with Crippen LogP contribution in [0.4, 0.5) is 5.69 Å². The molecule has 2 aliphatic rings. The minimum absolute atomic E-state index is 0.0142. The third-order valence-electron chi connectivity index (χ3n) is 5.92. The smallest absolute Gasteiger partial charge is 0.185 e. The third kappa shape index (κ3) is 3.40. The molecule has 0 saturated carbocycles. The quantitative estimate of drug-likeness (QED) is 0.354. The Morgan fingerprint density at radius 1 is 1.07 bits per heavy atom. The van der Waals surface area contributed by atoms with Crippen molar-refractivity contribution in [2.45, 2.75) is 18.4 Å². The number of ketones is 1. The van der Waals surface area contributed by atoms with Crippen LogP contribution in [0.2, 0.25) is 0 Å². The van der Waals surface area contributed by atoms with E-state index in [2.05, 4.69) is 64.9 Å². The predicted molar refractivity (Wildman–Crippen MR) is 117 cm³/mol. The number of aromatic nitrogens is 1. The lowest BCUT2D eigenvalue weighted by Gasteiger charge is -2.37. The van der Waals surface area contributed by atoms with Crippen molar-refractivity contribution in [3.05, 3.63) is 114 Å². The van der Waals surface area contributed by atoms with Crippen LogP contribution >= 0.6 is 0 Å². The number of hydrogen-bond acceptors (Lipinski definition) is 3. The molecule has 0 radical (unpaired) electrons. The van der Waals surface area contributed by atoms with Gasteiger partial charge in [-0.1, -0.05) is 48.6 Å². The molecule has 3 heteroatoms. The van der Waals surface area contributed by atoms with E-state index in [0.29, 0.717) is 11.8 Å². The van der Waals surface area contributed by atoms with Gasteiger partial charge in [-0.3, -0.25) is 9.78 Å². The highest BCUT2D eigenvalue weighted by Gasteiger charge is 2.37. The van der Waals surface area contributed by atoms with Gasteiger partial charge < -0.3 is 5.32 Å². The van der Waals surface area contributed by atoms with E-state index >= 15 is 0 Å². The largest absolute Gasteiger partial charge is 0.378 e. The monoisotopic (exact) mass is 378 g/mol. The zero-order valence-electron chi connectivity index (χ0n) is 16.0. The van der Waals surface area contributed by atoms with Gasteiger partial charge in [-0.05, 0) is 65.4 Å². The molecule has 0 saturated heterocycles. The summed E-state index contributed by atoms with van der Waals surface area (Å²) in [4.78, 5) is 16.8. The highest BCUT2D eigenvalue weighted by molar-refractivity contribution is 6.07. The van der Waals surface area contributed by atoms with Crippen LogP contribution in [-0.4, -0.2) is 10.8 Å². The summed E-state index contributed by atoms with van der Waals surface area (Å²) in [6.07, 6.45) is 12.6. The minimum atomic E-state index is 0.0142. The third-order valence-corrected chi connectivity index (χ3v) is 5.92. The number of allylic oxidation sites excluding steroid dienone is 3. The molecular formula is C26H22N2O. The molecule has 0 spiro atoms. The van der Waals surface area contributed by atoms with Gasteiger partial charge in [-0.2, -0.15) is 0 Å². The van der Waals surface area contributed by atoms with Crippen LogP contribution in [0.15, 0.2) is 91.3 Å². The number of carbonyl (C=O) groups excluding carboxylic acids is 1. The Kier molecular flexibility index (Phi) is 4.57. The molecule has 29 heavy (non-hydrogen) atoms. The first kappa shape index (κ1) is 17.6. The van der Waals surface area contributed by atoms with Gasteiger partial charge in [-0.25, -0.2) is 0 Å². The second kappa shape index (κ2) is 7.51. The second-order valence-corrected chi connectivity index (χ2v) is 7.67. The normalized spacial score (nSPS) is 22.1. The molecule has 3 nitrogen and oxygen atoms in total. The van der Waals surface area contributed by atoms with Gasteiger partial charge in [0, 0.05) is 29.6 Å². The highest BCUT2D eigenvalue weighted by atomic mass is 16.1. The average Bonchev–Trinajstić information content (AvgIpc) is 3.28. The Balaban J connectivity index is 1.44. The Hall–Kier alpha value is -3.46. The van der Waals surface area contributed by atoms with Crippen LogP contribution in [0.1, 0.15) is 45.4 Å². The molecule has 0 fully saturated rings. The number of fused-ring (bicyclic) bond motifs is 3. The number of anilines is 1. The number of hydrogen-bond donors (Lipinski definition) is 1. The molecule has 3 aromatic rings. The van der Waals surface area contributed by atoms with Gasteiger partial charge in [0.25, 0.3) is 0 Å². The number of rotatable bonds is 4. The Morgan fingerprint density at radius 2 is 1.97 bits per heavy atom. The van der Waals surface area contributed by atoms with E-state index in [0.717, 1.165) is 23.2 Å². The number of pyridine rings is 1. The summed E-state index contributed by atoms with van der Waals surface area (Å²) in [5, 5.41) is 3.73. The van der Waals surface area contributed by atoms with Crippen molar-refractivity contribution in [1.82, 2.24) is 4.98 Å². The summed E-state index contributed by atoms with van der Waals surface area (Å²) in [5.74, 6) is 0.827. The van der Waals surface area contributed by atoms with E-state index in [1.807, 2.05) is 24.3 Å². The van der Waals surface area contributed by atoms with Crippen molar-refractivity contribution in [2.75, 3.05) is 5.32 Å². The summed E-state index contributed by atoms with van der Waals surface area (Å²) in [6, 6.07) is 20.8. The van der Waals surface area contributed by atoms with Crippen molar-refractivity contribution < 1.29 is 4.79 Å². The van der Waals surface area contributed by atoms with E-state index in [9.17, 15) is 4.79 Å². The summed E-state index contributed by atoms with van der Waals surface area (Å²) in [7, 11) is 0. The van der Waals surface area contributed by atoms with Crippen LogP contribution in [-0.2, 0) is 0 Å². The number of nitrogens with zero attached hydrogens (tertiary/aromatic N) is 1. The molecule has 2 heterocycles. The van der Waals surface area contributed by atoms with Crippen LogP contribution < -0.4 is 5.32 Å². The first-order valence-electron chi connectivity index (χ1n) is 10.0. The first-order chi connectivity index (χ1) is 14.3. The molecule has 1 aliphatic carbocycles. The number of carbonyl (C=O) groups is 1. The number of nitrogens with one attached hydrogen (secondary N) is 1. The lowest BCUT2D eigenvalue weighted by Crippen LogP contribution is -2.29. The molecule has 1 aliphatic heterocycles. The van der Waals surface area contributed by atoms with E-state index < -0.39 is 0 Å². The fourth-order valence-electron chi connectivity index (χ4n) is 4.48. The highest BCUT2D eigenvalue weighted by Crippen LogP contribution is 2.49. The molecular weight excluding hydrogens is 356 g/mol. The van der Waals surface area contributed by atoms with E-state index in [1.165, 1.54) is 11.1 Å². The van der Waals surface area contributed by atoms with Crippen molar-refractivity contribution in [3.8, 4) is 0 Å². The first-order valence-corrected chi connectivity index (χ1v) is 10.0. The fraction of sp³-hybridized carbons (Fsp3) is 0.154. The summed E-state index contributed by atoms with van der Waals surface area (Å²) < 4.78 is 0. The van der Waals surface area contributed by atoms with Crippen LogP contribution in [0.3, 0.4) is 0 Å². The molecule has 2 aromatic carbocycles. The summed E-state index contributed by atoms with van der Waals surface area (Å²) in [5.41, 5.74) is 5.31. The van der Waals surface area contributed by atoms with Gasteiger partial charge in [0.1, 0.15) is 0 Å². The maximum absolute atomic E-state index is 12.7. The van der Waals surface area contributed by atoms with Gasteiger partial charge in [0.2, 0.25) is 0 Å². The maximum Gasteiger partial charge on any atom is 0.185 e. The molecule has 5 rings (SSSR count). The Morgan fingerprint density at radius 3 is 2.79 bits per heavy atom. The molecule has 142 valence electrons. The lowest BCUT2D eigenvalue weighted by atomic mass is 9.76.